The molecule has 13 heavy (non-hydrogen) atoms. The van der Waals surface area contributed by atoms with Gasteiger partial charge >= 0.3 is 7.32 Å². The molecule has 0 amide bonds. The molecule has 0 radical (unpaired) electrons. The molecule has 0 bridgehead atoms. The van der Waals surface area contributed by atoms with Crippen LogP contribution in [0.1, 0.15) is 18.6 Å². The highest BCUT2D eigenvalue weighted by Gasteiger charge is 1.95. The Labute approximate surface area is 77.3 Å². The lowest BCUT2D eigenvalue weighted by Gasteiger charge is -2.00. The van der Waals surface area contributed by atoms with E-state index in [0.717, 1.165) is 5.56 Å². The van der Waals surface area contributed by atoms with Crippen LogP contribution in [0.4, 0.5) is 0 Å². The van der Waals surface area contributed by atoms with Crippen LogP contribution in [-0.2, 0) is 0 Å². The van der Waals surface area contributed by atoms with Crippen molar-refractivity contribution in [1.82, 2.24) is 0 Å². The van der Waals surface area contributed by atoms with E-state index in [0.29, 0.717) is 0 Å². The summed E-state index contributed by atoms with van der Waals surface area (Å²) in [5.74, 6) is 0. The zero-order chi connectivity index (χ0) is 10.3. The van der Waals surface area contributed by atoms with Gasteiger partial charge in [-0.15, -0.1) is 0 Å². The Kier molecular flexibility index (Phi) is 6.17. The highest BCUT2D eigenvalue weighted by Crippen LogP contribution is 2.08. The van der Waals surface area contributed by atoms with Gasteiger partial charge in [-0.3, -0.25) is 0 Å². The zero-order valence-electron chi connectivity index (χ0n) is 7.33. The molecule has 1 rings (SSSR count). The van der Waals surface area contributed by atoms with E-state index in [9.17, 15) is 0 Å². The first-order valence-electron chi connectivity index (χ1n) is 3.81. The number of aliphatic hydroxyl groups is 1. The Hall–Kier alpha value is -0.875. The van der Waals surface area contributed by atoms with Gasteiger partial charge in [0.2, 0.25) is 0 Å². The van der Waals surface area contributed by atoms with Crippen LogP contribution in [0, 0.1) is 0 Å². The van der Waals surface area contributed by atoms with E-state index < -0.39 is 7.32 Å². The molecule has 1 aromatic carbocycles. The summed E-state index contributed by atoms with van der Waals surface area (Å²) in [4.78, 5) is 0. The predicted octanol–water partition coefficient (Wildman–Crippen LogP) is -0.312. The average molecular weight is 184 g/mol. The van der Waals surface area contributed by atoms with Crippen molar-refractivity contribution in [1.29, 1.82) is 0 Å². The van der Waals surface area contributed by atoms with Gasteiger partial charge in [-0.05, 0) is 12.5 Å². The minimum Gasteiger partial charge on any atom is -0.402 e. The van der Waals surface area contributed by atoms with Crippen LogP contribution in [-0.4, -0.2) is 27.5 Å². The van der Waals surface area contributed by atoms with Gasteiger partial charge in [0.1, 0.15) is 0 Å². The number of hydrogen-bond acceptors (Lipinski definition) is 4. The second-order valence-electron chi connectivity index (χ2n) is 2.43. The lowest BCUT2D eigenvalue weighted by Crippen LogP contribution is -2.07. The molecule has 0 fully saturated rings. The van der Waals surface area contributed by atoms with Crippen LogP contribution in [0.25, 0.3) is 0 Å². The summed E-state index contributed by atoms with van der Waals surface area (Å²) in [6, 6.07) is 9.59. The van der Waals surface area contributed by atoms with E-state index in [4.69, 9.17) is 20.2 Å². The summed E-state index contributed by atoms with van der Waals surface area (Å²) in [6.07, 6.45) is -0.341. The van der Waals surface area contributed by atoms with Crippen molar-refractivity contribution in [3.05, 3.63) is 35.9 Å². The van der Waals surface area contributed by atoms with E-state index in [2.05, 4.69) is 0 Å². The predicted molar refractivity (Wildman–Crippen MR) is 49.5 cm³/mol. The van der Waals surface area contributed by atoms with Gasteiger partial charge in [-0.1, -0.05) is 30.3 Å². The molecule has 4 N–H and O–H groups in total. The normalized spacial score (nSPS) is 11.2. The zero-order valence-corrected chi connectivity index (χ0v) is 7.33. The van der Waals surface area contributed by atoms with Crippen molar-refractivity contribution >= 4 is 7.32 Å². The fraction of sp³-hybridized carbons (Fsp3) is 0.250. The molecule has 1 atom stereocenters. The summed E-state index contributed by atoms with van der Waals surface area (Å²) in [6.45, 7) is 1.76. The molecule has 0 aliphatic carbocycles. The SMILES string of the molecule is CC(O)c1ccccc1.OB(O)O. The van der Waals surface area contributed by atoms with Gasteiger partial charge in [-0.25, -0.2) is 0 Å². The maximum absolute atomic E-state index is 9.02. The van der Waals surface area contributed by atoms with Gasteiger partial charge in [0.05, 0.1) is 6.10 Å². The first-order valence-corrected chi connectivity index (χ1v) is 3.81. The van der Waals surface area contributed by atoms with Gasteiger partial charge in [0, 0.05) is 0 Å². The minimum atomic E-state index is -2.17. The van der Waals surface area contributed by atoms with Crippen LogP contribution < -0.4 is 0 Å². The Bertz CT molecular complexity index is 210. The Morgan fingerprint density at radius 2 is 1.46 bits per heavy atom. The summed E-state index contributed by atoms with van der Waals surface area (Å²) in [5, 5.41) is 30.5. The number of benzene rings is 1. The monoisotopic (exact) mass is 184 g/mol. The topological polar surface area (TPSA) is 80.9 Å². The summed E-state index contributed by atoms with van der Waals surface area (Å²) < 4.78 is 0. The fourth-order valence-corrected chi connectivity index (χ4v) is 0.732. The Balaban J connectivity index is 0.000000310. The van der Waals surface area contributed by atoms with Crippen LogP contribution in [0.3, 0.4) is 0 Å². The Morgan fingerprint density at radius 3 is 1.69 bits per heavy atom. The molecule has 0 aliphatic rings. The molecular formula is C8H13BO4. The maximum atomic E-state index is 9.02. The van der Waals surface area contributed by atoms with E-state index in [1.165, 1.54) is 0 Å². The number of hydrogen-bond donors (Lipinski definition) is 4. The van der Waals surface area contributed by atoms with E-state index in [1.54, 1.807) is 6.92 Å². The molecule has 72 valence electrons. The van der Waals surface area contributed by atoms with Crippen molar-refractivity contribution in [2.45, 2.75) is 13.0 Å². The van der Waals surface area contributed by atoms with Crippen molar-refractivity contribution in [2.75, 3.05) is 0 Å². The molecule has 4 nitrogen and oxygen atoms in total. The molecule has 0 heterocycles. The summed E-state index contributed by atoms with van der Waals surface area (Å²) >= 11 is 0. The van der Waals surface area contributed by atoms with Crippen molar-refractivity contribution in [2.24, 2.45) is 0 Å². The summed E-state index contributed by atoms with van der Waals surface area (Å²) in [7, 11) is -2.17. The smallest absolute Gasteiger partial charge is 0.402 e. The fourth-order valence-electron chi connectivity index (χ4n) is 0.732. The lowest BCUT2D eigenvalue weighted by atomic mass is 10.1. The van der Waals surface area contributed by atoms with Crippen LogP contribution in [0.2, 0.25) is 0 Å². The Morgan fingerprint density at radius 1 is 1.08 bits per heavy atom. The van der Waals surface area contributed by atoms with Gasteiger partial charge in [-0.2, -0.15) is 0 Å². The van der Waals surface area contributed by atoms with Gasteiger partial charge in [0.15, 0.2) is 0 Å². The van der Waals surface area contributed by atoms with Crippen molar-refractivity contribution < 1.29 is 20.2 Å². The number of rotatable bonds is 1. The van der Waals surface area contributed by atoms with Crippen molar-refractivity contribution in [3.8, 4) is 0 Å². The van der Waals surface area contributed by atoms with Crippen LogP contribution >= 0.6 is 0 Å². The average Bonchev–Trinajstić information content (AvgIpc) is 2.05. The van der Waals surface area contributed by atoms with Crippen LogP contribution in [0.15, 0.2) is 30.3 Å². The van der Waals surface area contributed by atoms with E-state index in [1.807, 2.05) is 30.3 Å². The molecule has 0 saturated heterocycles. The molecule has 0 spiro atoms. The molecular weight excluding hydrogens is 171 g/mol. The van der Waals surface area contributed by atoms with Gasteiger partial charge in [0.25, 0.3) is 0 Å². The standard InChI is InChI=1S/C8H10O.BH3O3/c1-7(9)8-5-3-2-4-6-8;2-1(3)4/h2-7,9H,1H3;2-4H. The second-order valence-corrected chi connectivity index (χ2v) is 2.43. The highest BCUT2D eigenvalue weighted by atomic mass is 16.5. The van der Waals surface area contributed by atoms with Gasteiger partial charge < -0.3 is 20.2 Å². The van der Waals surface area contributed by atoms with E-state index >= 15 is 0 Å². The minimum absolute atomic E-state index is 0.341. The third-order valence-corrected chi connectivity index (χ3v) is 1.28. The summed E-state index contributed by atoms with van der Waals surface area (Å²) in [5.41, 5.74) is 0.970. The molecule has 0 saturated carbocycles. The molecule has 0 aromatic heterocycles. The lowest BCUT2D eigenvalue weighted by molar-refractivity contribution is 0.199. The number of aliphatic hydroxyl groups excluding tert-OH is 1. The van der Waals surface area contributed by atoms with E-state index in [-0.39, 0.29) is 6.10 Å². The second kappa shape index (κ2) is 6.62. The largest absolute Gasteiger partial charge is 0.631 e. The maximum Gasteiger partial charge on any atom is 0.631 e. The molecule has 1 unspecified atom stereocenters. The van der Waals surface area contributed by atoms with Crippen molar-refractivity contribution in [3.63, 3.8) is 0 Å². The highest BCUT2D eigenvalue weighted by molar-refractivity contribution is 6.30. The molecule has 5 heteroatoms. The molecule has 1 aromatic rings. The third-order valence-electron chi connectivity index (χ3n) is 1.28. The third kappa shape index (κ3) is 7.48. The quantitative estimate of drug-likeness (QED) is 0.451. The first-order chi connectivity index (χ1) is 6.04. The van der Waals surface area contributed by atoms with Crippen LogP contribution in [0.5, 0.6) is 0 Å². The first kappa shape index (κ1) is 12.1. The molecule has 0 aliphatic heterocycles.